The second-order valence-corrected chi connectivity index (χ2v) is 6.92. The number of nitrogens with one attached hydrogen (secondary N) is 2. The molecule has 0 bridgehead atoms. The van der Waals surface area contributed by atoms with Crippen LogP contribution in [0.5, 0.6) is 0 Å². The molecule has 148 valence electrons. The number of carbonyl (C=O) groups excluding carboxylic acids is 1. The van der Waals surface area contributed by atoms with E-state index < -0.39 is 5.82 Å². The molecule has 2 N–H and O–H groups in total. The Balaban J connectivity index is 1.42. The second-order valence-electron chi connectivity index (χ2n) is 6.92. The number of rotatable bonds is 5. The number of halogens is 1. The van der Waals surface area contributed by atoms with Gasteiger partial charge in [-0.25, -0.2) is 14.4 Å². The predicted octanol–water partition coefficient (Wildman–Crippen LogP) is 4.60. The van der Waals surface area contributed by atoms with Gasteiger partial charge in [-0.3, -0.25) is 4.79 Å². The first-order chi connectivity index (χ1) is 14.2. The molecule has 1 saturated heterocycles. The molecule has 3 aromatic rings. The number of hydrogen-bond acceptors (Lipinski definition) is 5. The van der Waals surface area contributed by atoms with Crippen LogP contribution in [-0.4, -0.2) is 29.0 Å². The SMILES string of the molecule is O=C(Nc1ccc(N2CCCCC2)cc1)c1ccnc(Nc2ccccc2F)n1. The Hall–Kier alpha value is -3.48. The quantitative estimate of drug-likeness (QED) is 0.665. The van der Waals surface area contributed by atoms with Crippen molar-refractivity contribution in [3.63, 3.8) is 0 Å². The average Bonchev–Trinajstić information content (AvgIpc) is 2.77. The maximum absolute atomic E-state index is 13.8. The molecule has 1 fully saturated rings. The van der Waals surface area contributed by atoms with Gasteiger partial charge in [-0.05, 0) is 61.7 Å². The predicted molar refractivity (Wildman–Crippen MR) is 112 cm³/mol. The highest BCUT2D eigenvalue weighted by atomic mass is 19.1. The minimum atomic E-state index is -0.417. The zero-order valence-corrected chi connectivity index (χ0v) is 15.9. The molecule has 1 aliphatic heterocycles. The van der Waals surface area contributed by atoms with E-state index in [0.29, 0.717) is 5.69 Å². The standard InChI is InChI=1S/C22H22FN5O/c23-18-6-2-3-7-19(18)26-22-24-13-12-20(27-22)21(29)25-16-8-10-17(11-9-16)28-14-4-1-5-15-28/h2-3,6-13H,1,4-5,14-15H2,(H,25,29)(H,24,26,27). The second kappa shape index (κ2) is 8.68. The lowest BCUT2D eigenvalue weighted by atomic mass is 10.1. The van der Waals surface area contributed by atoms with Crippen LogP contribution in [-0.2, 0) is 0 Å². The van der Waals surface area contributed by atoms with Crippen LogP contribution in [0.25, 0.3) is 0 Å². The molecule has 6 nitrogen and oxygen atoms in total. The van der Waals surface area contributed by atoms with Crippen LogP contribution in [0.2, 0.25) is 0 Å². The van der Waals surface area contributed by atoms with E-state index >= 15 is 0 Å². The van der Waals surface area contributed by atoms with E-state index in [1.165, 1.54) is 43.3 Å². The van der Waals surface area contributed by atoms with E-state index in [-0.39, 0.29) is 23.2 Å². The number of benzene rings is 2. The number of para-hydroxylation sites is 1. The topological polar surface area (TPSA) is 70.2 Å². The molecule has 0 aliphatic carbocycles. The summed E-state index contributed by atoms with van der Waals surface area (Å²) in [5.74, 6) is -0.613. The summed E-state index contributed by atoms with van der Waals surface area (Å²) in [5.41, 5.74) is 2.30. The first kappa shape index (κ1) is 18.9. The highest BCUT2D eigenvalue weighted by Crippen LogP contribution is 2.22. The summed E-state index contributed by atoms with van der Waals surface area (Å²) in [6.45, 7) is 2.15. The van der Waals surface area contributed by atoms with E-state index in [9.17, 15) is 9.18 Å². The fraction of sp³-hybridized carbons (Fsp3) is 0.227. The van der Waals surface area contributed by atoms with Crippen LogP contribution in [0.15, 0.2) is 60.8 Å². The molecule has 29 heavy (non-hydrogen) atoms. The van der Waals surface area contributed by atoms with Gasteiger partial charge in [-0.1, -0.05) is 12.1 Å². The first-order valence-corrected chi connectivity index (χ1v) is 9.70. The minimum Gasteiger partial charge on any atom is -0.372 e. The number of hydrogen-bond donors (Lipinski definition) is 2. The van der Waals surface area contributed by atoms with Gasteiger partial charge in [0.25, 0.3) is 5.91 Å². The largest absolute Gasteiger partial charge is 0.372 e. The van der Waals surface area contributed by atoms with E-state index in [1.54, 1.807) is 18.2 Å². The van der Waals surface area contributed by atoms with Gasteiger partial charge in [0.05, 0.1) is 5.69 Å². The van der Waals surface area contributed by atoms with Gasteiger partial charge in [0, 0.05) is 30.7 Å². The zero-order valence-electron chi connectivity index (χ0n) is 15.9. The smallest absolute Gasteiger partial charge is 0.274 e. The van der Waals surface area contributed by atoms with E-state index in [1.807, 2.05) is 24.3 Å². The number of aromatic nitrogens is 2. The van der Waals surface area contributed by atoms with Gasteiger partial charge in [0.1, 0.15) is 11.5 Å². The summed E-state index contributed by atoms with van der Waals surface area (Å²) in [6, 6.07) is 15.6. The number of nitrogens with zero attached hydrogens (tertiary/aromatic N) is 3. The lowest BCUT2D eigenvalue weighted by Crippen LogP contribution is -2.29. The summed E-state index contributed by atoms with van der Waals surface area (Å²) in [5, 5.41) is 5.63. The molecule has 0 spiro atoms. The first-order valence-electron chi connectivity index (χ1n) is 9.70. The molecule has 2 heterocycles. The Labute approximate surface area is 168 Å². The van der Waals surface area contributed by atoms with Gasteiger partial charge >= 0.3 is 0 Å². The monoisotopic (exact) mass is 391 g/mol. The van der Waals surface area contributed by atoms with Crippen molar-refractivity contribution in [2.24, 2.45) is 0 Å². The van der Waals surface area contributed by atoms with Crippen LogP contribution >= 0.6 is 0 Å². The van der Waals surface area contributed by atoms with Crippen molar-refractivity contribution >= 4 is 28.9 Å². The lowest BCUT2D eigenvalue weighted by molar-refractivity contribution is 0.102. The van der Waals surface area contributed by atoms with E-state index in [4.69, 9.17) is 0 Å². The van der Waals surface area contributed by atoms with Crippen LogP contribution in [0.4, 0.5) is 27.4 Å². The van der Waals surface area contributed by atoms with Crippen LogP contribution in [0.1, 0.15) is 29.8 Å². The normalized spacial score (nSPS) is 13.8. The maximum atomic E-state index is 13.8. The Bertz CT molecular complexity index is 987. The Morgan fingerprint density at radius 2 is 1.72 bits per heavy atom. The van der Waals surface area contributed by atoms with Crippen molar-refractivity contribution in [2.45, 2.75) is 19.3 Å². The molecule has 4 rings (SSSR count). The average molecular weight is 391 g/mol. The number of piperidine rings is 1. The summed E-state index contributed by atoms with van der Waals surface area (Å²) in [6.07, 6.45) is 5.19. The van der Waals surface area contributed by atoms with Crippen molar-refractivity contribution in [3.8, 4) is 0 Å². The van der Waals surface area contributed by atoms with E-state index in [0.717, 1.165) is 13.1 Å². The molecule has 0 radical (unpaired) electrons. The summed E-state index contributed by atoms with van der Waals surface area (Å²) in [4.78, 5) is 23.2. The fourth-order valence-electron chi connectivity index (χ4n) is 3.33. The highest BCUT2D eigenvalue weighted by molar-refractivity contribution is 6.03. The summed E-state index contributed by atoms with van der Waals surface area (Å²) < 4.78 is 13.8. The number of anilines is 4. The van der Waals surface area contributed by atoms with Crippen molar-refractivity contribution in [1.29, 1.82) is 0 Å². The Morgan fingerprint density at radius 1 is 0.966 bits per heavy atom. The van der Waals surface area contributed by atoms with Crippen LogP contribution in [0.3, 0.4) is 0 Å². The molecule has 0 unspecified atom stereocenters. The van der Waals surface area contributed by atoms with Gasteiger partial charge in [-0.2, -0.15) is 0 Å². The third-order valence-corrected chi connectivity index (χ3v) is 4.85. The van der Waals surface area contributed by atoms with Gasteiger partial charge in [-0.15, -0.1) is 0 Å². The number of carbonyl (C=O) groups is 1. The molecule has 2 aromatic carbocycles. The molecule has 0 atom stereocenters. The molecule has 7 heteroatoms. The highest BCUT2D eigenvalue weighted by Gasteiger charge is 2.13. The van der Waals surface area contributed by atoms with Crippen molar-refractivity contribution in [1.82, 2.24) is 9.97 Å². The van der Waals surface area contributed by atoms with Crippen molar-refractivity contribution in [3.05, 3.63) is 72.3 Å². The maximum Gasteiger partial charge on any atom is 0.274 e. The summed E-state index contributed by atoms with van der Waals surface area (Å²) in [7, 11) is 0. The molecular formula is C22H22FN5O. The Morgan fingerprint density at radius 3 is 2.48 bits per heavy atom. The minimum absolute atomic E-state index is 0.156. The van der Waals surface area contributed by atoms with Crippen LogP contribution < -0.4 is 15.5 Å². The Kier molecular flexibility index (Phi) is 5.65. The van der Waals surface area contributed by atoms with Gasteiger partial charge in [0.15, 0.2) is 0 Å². The summed E-state index contributed by atoms with van der Waals surface area (Å²) >= 11 is 0. The van der Waals surface area contributed by atoms with Gasteiger partial charge in [0.2, 0.25) is 5.95 Å². The zero-order chi connectivity index (χ0) is 20.1. The lowest BCUT2D eigenvalue weighted by Gasteiger charge is -2.28. The third kappa shape index (κ3) is 4.68. The fourth-order valence-corrected chi connectivity index (χ4v) is 3.33. The molecular weight excluding hydrogens is 369 g/mol. The van der Waals surface area contributed by atoms with Crippen LogP contribution in [0, 0.1) is 5.82 Å². The van der Waals surface area contributed by atoms with Gasteiger partial charge < -0.3 is 15.5 Å². The molecule has 1 aromatic heterocycles. The molecule has 0 saturated carbocycles. The third-order valence-electron chi connectivity index (χ3n) is 4.85. The number of amides is 1. The van der Waals surface area contributed by atoms with Crippen molar-refractivity contribution < 1.29 is 9.18 Å². The van der Waals surface area contributed by atoms with E-state index in [2.05, 4.69) is 25.5 Å². The molecule has 1 aliphatic rings. The molecule has 1 amide bonds. The van der Waals surface area contributed by atoms with Crippen molar-refractivity contribution in [2.75, 3.05) is 28.6 Å².